The highest BCUT2D eigenvalue weighted by Gasteiger charge is 2.40. The standard InChI is InChI=1S/C21H31N3O2.ClH/c1-21(2,3)20(26)23-17-10-5-4-9-16(17)19(25)24-18-13-7-6-8-14(18)12-15(22)11-13;/h4-5,9-10,13-15,18H,6-8,11-12,22H2,1-3H3,(H,23,26)(H,24,25);1H. The molecule has 0 saturated heterocycles. The van der Waals surface area contributed by atoms with E-state index in [1.54, 1.807) is 12.1 Å². The van der Waals surface area contributed by atoms with Crippen molar-refractivity contribution in [2.75, 3.05) is 5.32 Å². The van der Waals surface area contributed by atoms with E-state index in [2.05, 4.69) is 10.6 Å². The van der Waals surface area contributed by atoms with Gasteiger partial charge in [0.15, 0.2) is 0 Å². The summed E-state index contributed by atoms with van der Waals surface area (Å²) < 4.78 is 0. The molecule has 150 valence electrons. The molecule has 5 nitrogen and oxygen atoms in total. The lowest BCUT2D eigenvalue weighted by molar-refractivity contribution is -0.123. The molecule has 1 aromatic carbocycles. The van der Waals surface area contributed by atoms with Gasteiger partial charge in [-0.15, -0.1) is 12.4 Å². The fraction of sp³-hybridized carbons (Fsp3) is 0.619. The predicted molar refractivity (Wildman–Crippen MR) is 111 cm³/mol. The zero-order valence-corrected chi connectivity index (χ0v) is 17.3. The second-order valence-electron chi connectivity index (χ2n) is 8.93. The summed E-state index contributed by atoms with van der Waals surface area (Å²) in [5.41, 5.74) is 6.77. The van der Waals surface area contributed by atoms with Crippen LogP contribution in [-0.4, -0.2) is 23.9 Å². The minimum absolute atomic E-state index is 0. The molecule has 2 fully saturated rings. The summed E-state index contributed by atoms with van der Waals surface area (Å²) in [5.74, 6) is 0.737. The second-order valence-corrected chi connectivity index (χ2v) is 8.93. The number of carbonyl (C=O) groups excluding carboxylic acids is 2. The minimum atomic E-state index is -0.514. The highest BCUT2D eigenvalue weighted by Crippen LogP contribution is 2.39. The molecular formula is C21H32ClN3O2. The Morgan fingerprint density at radius 2 is 1.67 bits per heavy atom. The van der Waals surface area contributed by atoms with Crippen molar-refractivity contribution >= 4 is 29.9 Å². The Bertz CT molecular complexity index is 672. The minimum Gasteiger partial charge on any atom is -0.349 e. The molecule has 1 aromatic rings. The molecule has 2 unspecified atom stereocenters. The molecule has 2 aliphatic carbocycles. The number of rotatable bonds is 3. The quantitative estimate of drug-likeness (QED) is 0.731. The third-order valence-corrected chi connectivity index (χ3v) is 5.78. The average molecular weight is 394 g/mol. The molecule has 4 N–H and O–H groups in total. The van der Waals surface area contributed by atoms with Crippen LogP contribution < -0.4 is 16.4 Å². The van der Waals surface area contributed by atoms with Crippen LogP contribution >= 0.6 is 12.4 Å². The molecule has 0 spiro atoms. The molecular weight excluding hydrogens is 362 g/mol. The maximum Gasteiger partial charge on any atom is 0.253 e. The van der Waals surface area contributed by atoms with Crippen molar-refractivity contribution in [3.63, 3.8) is 0 Å². The van der Waals surface area contributed by atoms with Gasteiger partial charge in [0.05, 0.1) is 11.3 Å². The molecule has 2 aliphatic rings. The Hall–Kier alpha value is -1.59. The van der Waals surface area contributed by atoms with Gasteiger partial charge in [-0.2, -0.15) is 0 Å². The van der Waals surface area contributed by atoms with Crippen molar-refractivity contribution in [3.05, 3.63) is 29.8 Å². The number of fused-ring (bicyclic) bond motifs is 2. The molecule has 0 aromatic heterocycles. The van der Waals surface area contributed by atoms with Crippen molar-refractivity contribution in [3.8, 4) is 0 Å². The van der Waals surface area contributed by atoms with Gasteiger partial charge in [0.1, 0.15) is 0 Å². The molecule has 27 heavy (non-hydrogen) atoms. The zero-order valence-electron chi connectivity index (χ0n) is 16.5. The average Bonchev–Trinajstić information content (AvgIpc) is 2.55. The van der Waals surface area contributed by atoms with E-state index >= 15 is 0 Å². The van der Waals surface area contributed by atoms with Crippen molar-refractivity contribution < 1.29 is 9.59 Å². The van der Waals surface area contributed by atoms with Crippen LogP contribution in [0.25, 0.3) is 0 Å². The summed E-state index contributed by atoms with van der Waals surface area (Å²) in [7, 11) is 0. The third kappa shape index (κ3) is 5.02. The van der Waals surface area contributed by atoms with Gasteiger partial charge in [0, 0.05) is 17.5 Å². The SMILES string of the molecule is CC(C)(C)C(=O)Nc1ccccc1C(=O)NC1C2CCCC1CC(N)C2.Cl. The molecule has 0 aliphatic heterocycles. The third-order valence-electron chi connectivity index (χ3n) is 5.78. The number of halogens is 1. The van der Waals surface area contributed by atoms with Crippen LogP contribution in [0.5, 0.6) is 0 Å². The molecule has 0 heterocycles. The Labute approximate surface area is 168 Å². The number of hydrogen-bond donors (Lipinski definition) is 3. The molecule has 2 bridgehead atoms. The normalized spacial score (nSPS) is 27.3. The van der Waals surface area contributed by atoms with Crippen LogP contribution in [0.15, 0.2) is 24.3 Å². The highest BCUT2D eigenvalue weighted by molar-refractivity contribution is 6.04. The zero-order chi connectivity index (χ0) is 18.9. The van der Waals surface area contributed by atoms with Gasteiger partial charge in [0.2, 0.25) is 5.91 Å². The topological polar surface area (TPSA) is 84.2 Å². The van der Waals surface area contributed by atoms with Gasteiger partial charge < -0.3 is 16.4 Å². The van der Waals surface area contributed by atoms with E-state index in [1.165, 1.54) is 6.42 Å². The number of amides is 2. The van der Waals surface area contributed by atoms with Crippen LogP contribution in [0, 0.1) is 17.3 Å². The van der Waals surface area contributed by atoms with Gasteiger partial charge in [-0.05, 0) is 49.7 Å². The fourth-order valence-corrected chi connectivity index (χ4v) is 4.35. The summed E-state index contributed by atoms with van der Waals surface area (Å²) in [6.45, 7) is 5.58. The first-order valence-corrected chi connectivity index (χ1v) is 9.72. The largest absolute Gasteiger partial charge is 0.349 e. The predicted octanol–water partition coefficient (Wildman–Crippen LogP) is 3.73. The van der Waals surface area contributed by atoms with Crippen LogP contribution in [0.2, 0.25) is 0 Å². The van der Waals surface area contributed by atoms with Gasteiger partial charge >= 0.3 is 0 Å². The van der Waals surface area contributed by atoms with E-state index in [-0.39, 0.29) is 36.3 Å². The first kappa shape index (κ1) is 21.7. The van der Waals surface area contributed by atoms with Crippen molar-refractivity contribution in [1.29, 1.82) is 0 Å². The van der Waals surface area contributed by atoms with Gasteiger partial charge in [-0.1, -0.05) is 39.3 Å². The van der Waals surface area contributed by atoms with Crippen molar-refractivity contribution in [2.45, 2.75) is 65.0 Å². The summed E-state index contributed by atoms with van der Waals surface area (Å²) >= 11 is 0. The van der Waals surface area contributed by atoms with E-state index < -0.39 is 5.41 Å². The smallest absolute Gasteiger partial charge is 0.253 e. The van der Waals surface area contributed by atoms with E-state index in [9.17, 15) is 9.59 Å². The first-order chi connectivity index (χ1) is 12.3. The lowest BCUT2D eigenvalue weighted by atomic mass is 9.67. The van der Waals surface area contributed by atoms with Crippen LogP contribution in [0.3, 0.4) is 0 Å². The van der Waals surface area contributed by atoms with Crippen LogP contribution in [-0.2, 0) is 4.79 Å². The maximum absolute atomic E-state index is 13.0. The van der Waals surface area contributed by atoms with E-state index in [4.69, 9.17) is 5.73 Å². The molecule has 3 rings (SSSR count). The Morgan fingerprint density at radius 1 is 1.07 bits per heavy atom. The van der Waals surface area contributed by atoms with E-state index in [0.717, 1.165) is 25.7 Å². The van der Waals surface area contributed by atoms with Gasteiger partial charge in [-0.3, -0.25) is 9.59 Å². The second kappa shape index (κ2) is 8.61. The van der Waals surface area contributed by atoms with Crippen LogP contribution in [0.1, 0.15) is 63.2 Å². The molecule has 6 heteroatoms. The number of benzene rings is 1. The Balaban J connectivity index is 0.00000261. The summed E-state index contributed by atoms with van der Waals surface area (Å²) in [6.07, 6.45) is 5.48. The number of nitrogens with one attached hydrogen (secondary N) is 2. The van der Waals surface area contributed by atoms with E-state index in [1.807, 2.05) is 32.9 Å². The monoisotopic (exact) mass is 393 g/mol. The summed E-state index contributed by atoms with van der Waals surface area (Å²) in [4.78, 5) is 25.3. The van der Waals surface area contributed by atoms with Crippen molar-refractivity contribution in [2.24, 2.45) is 23.0 Å². The molecule has 2 amide bonds. The van der Waals surface area contributed by atoms with Crippen LogP contribution in [0.4, 0.5) is 5.69 Å². The Morgan fingerprint density at radius 3 is 2.26 bits per heavy atom. The van der Waals surface area contributed by atoms with E-state index in [0.29, 0.717) is 23.1 Å². The van der Waals surface area contributed by atoms with Crippen molar-refractivity contribution in [1.82, 2.24) is 5.32 Å². The first-order valence-electron chi connectivity index (χ1n) is 9.72. The molecule has 2 atom stereocenters. The molecule has 0 radical (unpaired) electrons. The fourth-order valence-electron chi connectivity index (χ4n) is 4.35. The lowest BCUT2D eigenvalue weighted by Gasteiger charge is -2.45. The van der Waals surface area contributed by atoms with Gasteiger partial charge in [0.25, 0.3) is 5.91 Å². The summed E-state index contributed by atoms with van der Waals surface area (Å²) in [5, 5.41) is 6.17. The number of para-hydroxylation sites is 1. The Kier molecular flexibility index (Phi) is 6.92. The lowest BCUT2D eigenvalue weighted by Crippen LogP contribution is -2.53. The summed E-state index contributed by atoms with van der Waals surface area (Å²) in [6, 6.07) is 7.69. The highest BCUT2D eigenvalue weighted by atomic mass is 35.5. The number of nitrogens with two attached hydrogens (primary N) is 1. The number of hydrogen-bond acceptors (Lipinski definition) is 3. The number of anilines is 1. The molecule has 2 saturated carbocycles. The maximum atomic E-state index is 13.0. The van der Waals surface area contributed by atoms with Gasteiger partial charge in [-0.25, -0.2) is 0 Å². The number of carbonyl (C=O) groups is 2.